The van der Waals surface area contributed by atoms with E-state index in [4.69, 9.17) is 0 Å². The number of benzene rings is 2. The molecule has 3 aromatic rings. The van der Waals surface area contributed by atoms with Crippen molar-refractivity contribution in [1.29, 1.82) is 5.26 Å². The fourth-order valence-corrected chi connectivity index (χ4v) is 3.53. The molecule has 26 heavy (non-hydrogen) atoms. The SMILES string of the molecule is CNC(=O)C(F)(F)Sc1ncc(C)n1-c1ccc(C#N)c2ccccc12. The second-order valence-electron chi connectivity index (χ2n) is 5.51. The molecule has 8 heteroatoms. The van der Waals surface area contributed by atoms with E-state index >= 15 is 0 Å². The maximum Gasteiger partial charge on any atom is 0.377 e. The van der Waals surface area contributed by atoms with E-state index in [1.165, 1.54) is 6.20 Å². The van der Waals surface area contributed by atoms with Crippen LogP contribution in [0.25, 0.3) is 16.5 Å². The quantitative estimate of drug-likeness (QED) is 0.710. The number of nitrogens with one attached hydrogen (secondary N) is 1. The molecule has 0 aliphatic carbocycles. The number of nitriles is 1. The Morgan fingerprint density at radius 1 is 1.27 bits per heavy atom. The Labute approximate surface area is 152 Å². The fourth-order valence-electron chi connectivity index (χ4n) is 2.66. The number of nitrogens with zero attached hydrogens (tertiary/aromatic N) is 3. The van der Waals surface area contributed by atoms with Crippen molar-refractivity contribution in [2.75, 3.05) is 7.05 Å². The number of amides is 1. The molecule has 0 aliphatic heterocycles. The maximum absolute atomic E-state index is 14.1. The van der Waals surface area contributed by atoms with Gasteiger partial charge >= 0.3 is 11.2 Å². The number of hydrogen-bond acceptors (Lipinski definition) is 4. The molecule has 0 radical (unpaired) electrons. The summed E-state index contributed by atoms with van der Waals surface area (Å²) in [6, 6.07) is 12.7. The normalized spacial score (nSPS) is 11.3. The van der Waals surface area contributed by atoms with E-state index in [0.717, 1.165) is 17.8 Å². The summed E-state index contributed by atoms with van der Waals surface area (Å²) in [5.41, 5.74) is 1.74. The third kappa shape index (κ3) is 3.02. The summed E-state index contributed by atoms with van der Waals surface area (Å²) in [7, 11) is 1.16. The van der Waals surface area contributed by atoms with Gasteiger partial charge in [0.2, 0.25) is 0 Å². The Hall–Kier alpha value is -2.92. The first-order chi connectivity index (χ1) is 12.4. The fraction of sp³-hybridized carbons (Fsp3) is 0.167. The molecule has 0 saturated heterocycles. The molecule has 0 atom stereocenters. The summed E-state index contributed by atoms with van der Waals surface area (Å²) in [5, 5.41) is 9.03. The molecule has 0 unspecified atom stereocenters. The van der Waals surface area contributed by atoms with E-state index in [2.05, 4.69) is 11.1 Å². The lowest BCUT2D eigenvalue weighted by atomic mass is 10.0. The summed E-state index contributed by atoms with van der Waals surface area (Å²) < 4.78 is 29.8. The minimum Gasteiger partial charge on any atom is -0.353 e. The van der Waals surface area contributed by atoms with Crippen molar-refractivity contribution < 1.29 is 13.6 Å². The van der Waals surface area contributed by atoms with Gasteiger partial charge in [-0.2, -0.15) is 14.0 Å². The van der Waals surface area contributed by atoms with Crippen LogP contribution >= 0.6 is 11.8 Å². The van der Waals surface area contributed by atoms with Crippen LogP contribution < -0.4 is 5.32 Å². The van der Waals surface area contributed by atoms with Gasteiger partial charge in [-0.25, -0.2) is 4.98 Å². The van der Waals surface area contributed by atoms with E-state index in [1.807, 2.05) is 23.5 Å². The molecule has 0 fully saturated rings. The molecule has 0 saturated carbocycles. The molecule has 1 aromatic heterocycles. The third-order valence-electron chi connectivity index (χ3n) is 3.88. The van der Waals surface area contributed by atoms with Gasteiger partial charge in [-0.15, -0.1) is 0 Å². The Bertz CT molecular complexity index is 1040. The highest BCUT2D eigenvalue weighted by atomic mass is 32.2. The summed E-state index contributed by atoms with van der Waals surface area (Å²) in [6.45, 7) is 1.74. The zero-order valence-corrected chi connectivity index (χ0v) is 14.8. The zero-order valence-electron chi connectivity index (χ0n) is 14.0. The number of rotatable bonds is 4. The van der Waals surface area contributed by atoms with Crippen LogP contribution in [0, 0.1) is 18.3 Å². The molecule has 2 aromatic carbocycles. The summed E-state index contributed by atoms with van der Waals surface area (Å²) in [6.07, 6.45) is 1.47. The van der Waals surface area contributed by atoms with Crippen LogP contribution in [0.4, 0.5) is 8.78 Å². The average molecular weight is 372 g/mol. The molecule has 0 spiro atoms. The minimum absolute atomic E-state index is 0.00837. The summed E-state index contributed by atoms with van der Waals surface area (Å²) >= 11 is 0.0808. The number of aromatic nitrogens is 2. The number of carbonyl (C=O) groups excluding carboxylic acids is 1. The van der Waals surface area contributed by atoms with Crippen LogP contribution in [0.15, 0.2) is 47.8 Å². The average Bonchev–Trinajstić information content (AvgIpc) is 2.99. The van der Waals surface area contributed by atoms with Crippen molar-refractivity contribution in [2.24, 2.45) is 0 Å². The second kappa shape index (κ2) is 6.77. The number of aryl methyl sites for hydroxylation is 1. The van der Waals surface area contributed by atoms with Crippen LogP contribution in [0.1, 0.15) is 11.3 Å². The molecule has 5 nitrogen and oxygen atoms in total. The lowest BCUT2D eigenvalue weighted by Crippen LogP contribution is -2.35. The Morgan fingerprint density at radius 3 is 2.62 bits per heavy atom. The topological polar surface area (TPSA) is 70.7 Å². The largest absolute Gasteiger partial charge is 0.377 e. The van der Waals surface area contributed by atoms with Gasteiger partial charge in [0, 0.05) is 29.7 Å². The van der Waals surface area contributed by atoms with E-state index in [1.54, 1.807) is 29.7 Å². The van der Waals surface area contributed by atoms with Crippen molar-refractivity contribution in [3.05, 3.63) is 53.9 Å². The van der Waals surface area contributed by atoms with Gasteiger partial charge < -0.3 is 5.32 Å². The predicted molar refractivity (Wildman–Crippen MR) is 95.4 cm³/mol. The minimum atomic E-state index is -3.66. The van der Waals surface area contributed by atoms with E-state index in [9.17, 15) is 18.8 Å². The van der Waals surface area contributed by atoms with Crippen LogP contribution in [0.5, 0.6) is 0 Å². The highest BCUT2D eigenvalue weighted by Crippen LogP contribution is 2.38. The van der Waals surface area contributed by atoms with Gasteiger partial charge in [-0.05, 0) is 30.8 Å². The van der Waals surface area contributed by atoms with Crippen LogP contribution in [0.2, 0.25) is 0 Å². The number of carbonyl (C=O) groups is 1. The summed E-state index contributed by atoms with van der Waals surface area (Å²) in [5.74, 6) is -1.39. The first kappa shape index (κ1) is 17.9. The molecular formula is C18H14F2N4OS. The molecular weight excluding hydrogens is 358 g/mol. The van der Waals surface area contributed by atoms with Gasteiger partial charge in [0.25, 0.3) is 0 Å². The monoisotopic (exact) mass is 372 g/mol. The molecule has 3 rings (SSSR count). The van der Waals surface area contributed by atoms with Gasteiger partial charge in [-0.3, -0.25) is 9.36 Å². The van der Waals surface area contributed by atoms with Crippen LogP contribution in [-0.4, -0.2) is 27.8 Å². The first-order valence-electron chi connectivity index (χ1n) is 7.64. The van der Waals surface area contributed by atoms with Crippen molar-refractivity contribution in [3.63, 3.8) is 0 Å². The van der Waals surface area contributed by atoms with Gasteiger partial charge in [0.05, 0.1) is 17.3 Å². The van der Waals surface area contributed by atoms with Gasteiger partial charge in [0.1, 0.15) is 0 Å². The molecule has 1 amide bonds. The van der Waals surface area contributed by atoms with Crippen LogP contribution in [-0.2, 0) is 4.79 Å². The Balaban J connectivity index is 2.18. The van der Waals surface area contributed by atoms with E-state index < -0.39 is 11.2 Å². The van der Waals surface area contributed by atoms with Crippen molar-refractivity contribution >= 4 is 28.4 Å². The van der Waals surface area contributed by atoms with Gasteiger partial charge in [-0.1, -0.05) is 24.3 Å². The standard InChI is InChI=1S/C18H14F2N4OS/c1-11-10-23-17(26-18(19,20)16(25)22-2)24(11)15-8-7-12(9-21)13-5-3-4-6-14(13)15/h3-8,10H,1-2H3,(H,22,25). The number of hydrogen-bond donors (Lipinski definition) is 1. The lowest BCUT2D eigenvalue weighted by Gasteiger charge is -2.17. The second-order valence-corrected chi connectivity index (χ2v) is 6.59. The lowest BCUT2D eigenvalue weighted by molar-refractivity contribution is -0.134. The Kier molecular flexibility index (Phi) is 4.66. The smallest absolute Gasteiger partial charge is 0.353 e. The number of thioether (sulfide) groups is 1. The maximum atomic E-state index is 14.1. The molecule has 0 aliphatic rings. The number of halogens is 2. The molecule has 1 heterocycles. The highest BCUT2D eigenvalue weighted by molar-refractivity contribution is 8.00. The van der Waals surface area contributed by atoms with Crippen molar-refractivity contribution in [2.45, 2.75) is 17.3 Å². The van der Waals surface area contributed by atoms with Gasteiger partial charge in [0.15, 0.2) is 5.16 Å². The van der Waals surface area contributed by atoms with E-state index in [-0.39, 0.29) is 16.9 Å². The molecule has 1 N–H and O–H groups in total. The molecule has 132 valence electrons. The molecule has 0 bridgehead atoms. The predicted octanol–water partition coefficient (Wildman–Crippen LogP) is 3.64. The number of imidazole rings is 1. The number of fused-ring (bicyclic) bond motifs is 1. The highest BCUT2D eigenvalue weighted by Gasteiger charge is 2.41. The van der Waals surface area contributed by atoms with Crippen molar-refractivity contribution in [3.8, 4) is 11.8 Å². The Morgan fingerprint density at radius 2 is 1.96 bits per heavy atom. The van der Waals surface area contributed by atoms with E-state index in [0.29, 0.717) is 16.9 Å². The zero-order chi connectivity index (χ0) is 18.9. The summed E-state index contributed by atoms with van der Waals surface area (Å²) in [4.78, 5) is 15.5. The van der Waals surface area contributed by atoms with Crippen molar-refractivity contribution in [1.82, 2.24) is 14.9 Å². The first-order valence-corrected chi connectivity index (χ1v) is 8.46. The third-order valence-corrected chi connectivity index (χ3v) is 4.79. The van der Waals surface area contributed by atoms with Crippen LogP contribution in [0.3, 0.4) is 0 Å². The number of alkyl halides is 2.